The number of nitrogens with one attached hydrogen (secondary N) is 1. The molecule has 0 unspecified atom stereocenters. The van der Waals surface area contributed by atoms with Crippen LogP contribution in [-0.2, 0) is 9.53 Å². The number of urea groups is 1. The second-order valence-electron chi connectivity index (χ2n) is 5.32. The lowest BCUT2D eigenvalue weighted by atomic mass is 9.90. The summed E-state index contributed by atoms with van der Waals surface area (Å²) in [6.45, 7) is 4.62. The molecule has 0 aromatic rings. The van der Waals surface area contributed by atoms with Crippen LogP contribution in [0.5, 0.6) is 0 Å². The zero-order valence-electron chi connectivity index (χ0n) is 12.8. The van der Waals surface area contributed by atoms with Gasteiger partial charge in [-0.1, -0.05) is 13.8 Å². The number of nitrogens with zero attached hydrogens (tertiary/aromatic N) is 1. The minimum Gasteiger partial charge on any atom is -0.480 e. The zero-order valence-corrected chi connectivity index (χ0v) is 12.8. The van der Waals surface area contributed by atoms with Crippen LogP contribution in [0.3, 0.4) is 0 Å². The van der Waals surface area contributed by atoms with Crippen LogP contribution in [-0.4, -0.2) is 65.1 Å². The first-order valence-electron chi connectivity index (χ1n) is 7.51. The summed E-state index contributed by atoms with van der Waals surface area (Å²) >= 11 is 0. The number of carbonyl (C=O) groups is 2. The van der Waals surface area contributed by atoms with Crippen LogP contribution < -0.4 is 5.32 Å². The number of amides is 2. The molecule has 1 aliphatic rings. The van der Waals surface area contributed by atoms with E-state index in [0.717, 1.165) is 12.8 Å². The lowest BCUT2D eigenvalue weighted by molar-refractivity contribution is -0.148. The average molecular weight is 302 g/mol. The molecule has 21 heavy (non-hydrogen) atoms. The van der Waals surface area contributed by atoms with E-state index < -0.39 is 17.5 Å². The Balaban J connectivity index is 2.84. The third kappa shape index (κ3) is 4.31. The SMILES string of the molecule is CCC(CC)N(CCO)C(=O)NC1(C(=O)O)CCOCC1. The Hall–Kier alpha value is -1.34. The summed E-state index contributed by atoms with van der Waals surface area (Å²) in [5.41, 5.74) is -1.27. The first kappa shape index (κ1) is 17.7. The molecule has 1 saturated heterocycles. The van der Waals surface area contributed by atoms with Crippen molar-refractivity contribution in [3.63, 3.8) is 0 Å². The Morgan fingerprint density at radius 2 is 1.86 bits per heavy atom. The molecule has 3 N–H and O–H groups in total. The number of aliphatic hydroxyl groups excluding tert-OH is 1. The predicted molar refractivity (Wildman–Crippen MR) is 77.1 cm³/mol. The molecule has 1 rings (SSSR count). The van der Waals surface area contributed by atoms with E-state index in [1.165, 1.54) is 4.90 Å². The molecule has 1 heterocycles. The van der Waals surface area contributed by atoms with Gasteiger partial charge in [0, 0.05) is 38.6 Å². The van der Waals surface area contributed by atoms with E-state index in [1.807, 2.05) is 13.8 Å². The molecule has 0 radical (unpaired) electrons. The standard InChI is InChI=1S/C14H26N2O5/c1-3-11(4-2)16(7-8-17)13(20)15-14(12(18)19)5-9-21-10-6-14/h11,17H,3-10H2,1-2H3,(H,15,20)(H,18,19). The topological polar surface area (TPSA) is 99.1 Å². The third-order valence-electron chi connectivity index (χ3n) is 4.09. The van der Waals surface area contributed by atoms with Crippen molar-refractivity contribution in [3.05, 3.63) is 0 Å². The molecule has 7 heteroatoms. The normalized spacial score (nSPS) is 17.5. The van der Waals surface area contributed by atoms with Crippen LogP contribution >= 0.6 is 0 Å². The molecule has 122 valence electrons. The fraction of sp³-hybridized carbons (Fsp3) is 0.857. The van der Waals surface area contributed by atoms with Gasteiger partial charge in [-0.25, -0.2) is 9.59 Å². The van der Waals surface area contributed by atoms with Crippen LogP contribution in [0.1, 0.15) is 39.5 Å². The summed E-state index contributed by atoms with van der Waals surface area (Å²) in [6, 6.07) is -0.440. The van der Waals surface area contributed by atoms with Gasteiger partial charge in [0.25, 0.3) is 0 Å². The van der Waals surface area contributed by atoms with Crippen molar-refractivity contribution in [2.45, 2.75) is 51.1 Å². The van der Waals surface area contributed by atoms with Crippen molar-refractivity contribution in [3.8, 4) is 0 Å². The number of rotatable bonds is 7. The molecule has 0 aromatic carbocycles. The molecular weight excluding hydrogens is 276 g/mol. The Morgan fingerprint density at radius 3 is 2.29 bits per heavy atom. The lowest BCUT2D eigenvalue weighted by Crippen LogP contribution is -2.61. The van der Waals surface area contributed by atoms with E-state index in [4.69, 9.17) is 9.84 Å². The van der Waals surface area contributed by atoms with Crippen molar-refractivity contribution in [2.75, 3.05) is 26.4 Å². The number of aliphatic carboxylic acids is 1. The number of hydrogen-bond donors (Lipinski definition) is 3. The van der Waals surface area contributed by atoms with E-state index in [9.17, 15) is 14.7 Å². The summed E-state index contributed by atoms with van der Waals surface area (Å²) in [6.07, 6.45) is 2.02. The maximum atomic E-state index is 12.5. The molecule has 0 atom stereocenters. The third-order valence-corrected chi connectivity index (χ3v) is 4.09. The Labute approximate surface area is 125 Å². The van der Waals surface area contributed by atoms with Gasteiger partial charge in [0.15, 0.2) is 0 Å². The highest BCUT2D eigenvalue weighted by Crippen LogP contribution is 2.22. The molecule has 7 nitrogen and oxygen atoms in total. The van der Waals surface area contributed by atoms with Crippen molar-refractivity contribution in [1.29, 1.82) is 0 Å². The highest BCUT2D eigenvalue weighted by molar-refractivity contribution is 5.86. The number of hydrogen-bond acceptors (Lipinski definition) is 4. The second-order valence-corrected chi connectivity index (χ2v) is 5.32. The fourth-order valence-electron chi connectivity index (χ4n) is 2.68. The first-order valence-corrected chi connectivity index (χ1v) is 7.51. The van der Waals surface area contributed by atoms with Crippen LogP contribution in [0.25, 0.3) is 0 Å². The van der Waals surface area contributed by atoms with E-state index in [0.29, 0.717) is 13.2 Å². The van der Waals surface area contributed by atoms with Crippen molar-refractivity contribution < 1.29 is 24.5 Å². The smallest absolute Gasteiger partial charge is 0.329 e. The van der Waals surface area contributed by atoms with Crippen molar-refractivity contribution >= 4 is 12.0 Å². The molecule has 1 fully saturated rings. The molecule has 0 aromatic heterocycles. The number of aliphatic hydroxyl groups is 1. The monoisotopic (exact) mass is 302 g/mol. The van der Waals surface area contributed by atoms with Gasteiger partial charge in [-0.2, -0.15) is 0 Å². The molecule has 0 aliphatic carbocycles. The predicted octanol–water partition coefficient (Wildman–Crippen LogP) is 0.813. The van der Waals surface area contributed by atoms with Gasteiger partial charge in [-0.15, -0.1) is 0 Å². The van der Waals surface area contributed by atoms with Crippen molar-refractivity contribution in [2.24, 2.45) is 0 Å². The Kier molecular flexibility index (Phi) is 6.91. The maximum Gasteiger partial charge on any atom is 0.329 e. The van der Waals surface area contributed by atoms with Gasteiger partial charge < -0.3 is 25.2 Å². The molecule has 2 amide bonds. The maximum absolute atomic E-state index is 12.5. The molecule has 0 bridgehead atoms. The Bertz CT molecular complexity index is 351. The summed E-state index contributed by atoms with van der Waals surface area (Å²) < 4.78 is 5.19. The average Bonchev–Trinajstić information content (AvgIpc) is 2.48. The van der Waals surface area contributed by atoms with E-state index in [2.05, 4.69) is 5.32 Å². The highest BCUT2D eigenvalue weighted by atomic mass is 16.5. The molecule has 0 spiro atoms. The van der Waals surface area contributed by atoms with Crippen molar-refractivity contribution in [1.82, 2.24) is 10.2 Å². The summed E-state index contributed by atoms with van der Waals surface area (Å²) in [4.78, 5) is 25.6. The number of carboxylic acid groups (broad SMARTS) is 1. The summed E-state index contributed by atoms with van der Waals surface area (Å²) in [5, 5.41) is 21.3. The molecular formula is C14H26N2O5. The quantitative estimate of drug-likeness (QED) is 0.646. The number of carboxylic acids is 1. The largest absolute Gasteiger partial charge is 0.480 e. The van der Waals surface area contributed by atoms with Gasteiger partial charge in [-0.3, -0.25) is 0 Å². The first-order chi connectivity index (χ1) is 10.0. The fourth-order valence-corrected chi connectivity index (χ4v) is 2.68. The van der Waals surface area contributed by atoms with Gasteiger partial charge in [-0.05, 0) is 12.8 Å². The second kappa shape index (κ2) is 8.19. The van der Waals surface area contributed by atoms with Crippen LogP contribution in [0.15, 0.2) is 0 Å². The van der Waals surface area contributed by atoms with Gasteiger partial charge >= 0.3 is 12.0 Å². The van der Waals surface area contributed by atoms with E-state index >= 15 is 0 Å². The van der Waals surface area contributed by atoms with E-state index in [-0.39, 0.29) is 32.0 Å². The van der Waals surface area contributed by atoms with Gasteiger partial charge in [0.1, 0.15) is 5.54 Å². The van der Waals surface area contributed by atoms with Gasteiger partial charge in [0.2, 0.25) is 0 Å². The lowest BCUT2D eigenvalue weighted by Gasteiger charge is -2.38. The van der Waals surface area contributed by atoms with E-state index in [1.54, 1.807) is 0 Å². The highest BCUT2D eigenvalue weighted by Gasteiger charge is 2.42. The van der Waals surface area contributed by atoms with Crippen LogP contribution in [0.4, 0.5) is 4.79 Å². The summed E-state index contributed by atoms with van der Waals surface area (Å²) in [7, 11) is 0. The molecule has 0 saturated carbocycles. The molecule has 1 aliphatic heterocycles. The summed E-state index contributed by atoms with van der Waals surface area (Å²) in [5.74, 6) is -1.03. The zero-order chi connectivity index (χ0) is 15.9. The Morgan fingerprint density at radius 1 is 1.29 bits per heavy atom. The minimum atomic E-state index is -1.27. The van der Waals surface area contributed by atoms with Crippen LogP contribution in [0, 0.1) is 0 Å². The van der Waals surface area contributed by atoms with Gasteiger partial charge in [0.05, 0.1) is 6.61 Å². The number of ether oxygens (including phenoxy) is 1. The number of carbonyl (C=O) groups excluding carboxylic acids is 1. The van der Waals surface area contributed by atoms with Crippen LogP contribution in [0.2, 0.25) is 0 Å². The minimum absolute atomic E-state index is 0.0113.